The lowest BCUT2D eigenvalue weighted by molar-refractivity contribution is 0.0353. The van der Waals surface area contributed by atoms with Crippen LogP contribution in [0.1, 0.15) is 92.2 Å². The summed E-state index contributed by atoms with van der Waals surface area (Å²) in [5, 5.41) is 21.7. The van der Waals surface area contributed by atoms with Gasteiger partial charge in [0.2, 0.25) is 0 Å². The molecule has 2 aliphatic rings. The van der Waals surface area contributed by atoms with Gasteiger partial charge in [-0.05, 0) is 63.0 Å². The molecular weight excluding hydrogens is 352 g/mol. The van der Waals surface area contributed by atoms with Crippen molar-refractivity contribution in [2.45, 2.75) is 82.7 Å². The third kappa shape index (κ3) is 3.75. The fourth-order valence-corrected chi connectivity index (χ4v) is 4.61. The molecule has 0 radical (unpaired) electrons. The van der Waals surface area contributed by atoms with Crippen molar-refractivity contribution >= 4 is 0 Å². The molecule has 1 aromatic heterocycles. The molecule has 1 fully saturated rings. The Balaban J connectivity index is 1.78. The topological polar surface area (TPSA) is 70.7 Å². The molecule has 1 atom stereocenters. The van der Waals surface area contributed by atoms with E-state index in [2.05, 4.69) is 6.07 Å². The Hall–Kier alpha value is -2.07. The van der Waals surface area contributed by atoms with E-state index in [0.29, 0.717) is 35.6 Å². The average molecular weight is 383 g/mol. The highest BCUT2D eigenvalue weighted by molar-refractivity contribution is 5.46. The zero-order valence-electron chi connectivity index (χ0n) is 16.8. The van der Waals surface area contributed by atoms with Crippen molar-refractivity contribution in [2.75, 3.05) is 0 Å². The van der Waals surface area contributed by atoms with Crippen molar-refractivity contribution in [3.63, 3.8) is 0 Å². The third-order valence-corrected chi connectivity index (χ3v) is 6.35. The second-order valence-electron chi connectivity index (χ2n) is 9.01. The van der Waals surface area contributed by atoms with Crippen LogP contribution in [-0.2, 0) is 12.8 Å². The zero-order valence-corrected chi connectivity index (χ0v) is 16.8. The highest BCUT2D eigenvalue weighted by Crippen LogP contribution is 2.43. The molecule has 2 aliphatic carbocycles. The Morgan fingerprint density at radius 1 is 1.11 bits per heavy atom. The molecule has 2 N–H and O–H groups in total. The standard InChI is InChI=1S/C24H30O4/c1-24(2,27)20-11-5-3-4-10-18-21(25)19(23(26)28-22(18)20)14-16-8-6-7-9-17(16)15-12-13-15/h6-9,15,20,25,27H,3-5,10-14H2,1-2H3. The van der Waals surface area contributed by atoms with Crippen molar-refractivity contribution in [3.05, 3.63) is 62.7 Å². The minimum atomic E-state index is -1.01. The third-order valence-electron chi connectivity index (χ3n) is 6.35. The van der Waals surface area contributed by atoms with E-state index in [0.717, 1.165) is 31.2 Å². The minimum absolute atomic E-state index is 0.0769. The van der Waals surface area contributed by atoms with Crippen LogP contribution in [0.25, 0.3) is 0 Å². The van der Waals surface area contributed by atoms with Crippen molar-refractivity contribution in [1.29, 1.82) is 0 Å². The van der Waals surface area contributed by atoms with Crippen LogP contribution in [-0.4, -0.2) is 15.8 Å². The first kappa shape index (κ1) is 19.3. The normalized spacial score (nSPS) is 20.3. The first-order valence-corrected chi connectivity index (χ1v) is 10.5. The predicted molar refractivity (Wildman–Crippen MR) is 109 cm³/mol. The van der Waals surface area contributed by atoms with Gasteiger partial charge in [-0.3, -0.25) is 0 Å². The number of fused-ring (bicyclic) bond motifs is 1. The van der Waals surface area contributed by atoms with Gasteiger partial charge in [-0.2, -0.15) is 0 Å². The van der Waals surface area contributed by atoms with Gasteiger partial charge in [0, 0.05) is 17.9 Å². The fourth-order valence-electron chi connectivity index (χ4n) is 4.61. The first-order valence-electron chi connectivity index (χ1n) is 10.5. The van der Waals surface area contributed by atoms with Crippen LogP contribution < -0.4 is 5.63 Å². The van der Waals surface area contributed by atoms with E-state index in [1.807, 2.05) is 18.2 Å². The molecule has 4 heteroatoms. The summed E-state index contributed by atoms with van der Waals surface area (Å²) in [6.45, 7) is 3.50. The molecule has 0 aliphatic heterocycles. The molecule has 1 aromatic carbocycles. The molecule has 28 heavy (non-hydrogen) atoms. The average Bonchev–Trinajstić information content (AvgIpc) is 3.45. The molecule has 1 heterocycles. The lowest BCUT2D eigenvalue weighted by Gasteiger charge is -2.31. The van der Waals surface area contributed by atoms with E-state index in [1.54, 1.807) is 13.8 Å². The summed E-state index contributed by atoms with van der Waals surface area (Å²) in [5.74, 6) is 0.852. The summed E-state index contributed by atoms with van der Waals surface area (Å²) in [7, 11) is 0. The van der Waals surface area contributed by atoms with Crippen molar-refractivity contribution in [1.82, 2.24) is 0 Å². The van der Waals surface area contributed by atoms with E-state index in [1.165, 1.54) is 18.4 Å². The SMILES string of the molecule is CC(C)(O)C1CCCCCc2c1oc(=O)c(Cc1ccccc1C1CC1)c2O. The van der Waals surface area contributed by atoms with Crippen LogP contribution in [0, 0.1) is 0 Å². The number of hydrogen-bond donors (Lipinski definition) is 2. The predicted octanol–water partition coefficient (Wildman–Crippen LogP) is 4.78. The molecular formula is C24H30O4. The van der Waals surface area contributed by atoms with Crippen LogP contribution in [0.4, 0.5) is 0 Å². The van der Waals surface area contributed by atoms with Crippen LogP contribution in [0.2, 0.25) is 0 Å². The number of benzene rings is 1. The molecule has 150 valence electrons. The lowest BCUT2D eigenvalue weighted by Crippen LogP contribution is -2.31. The van der Waals surface area contributed by atoms with E-state index in [9.17, 15) is 15.0 Å². The maximum absolute atomic E-state index is 12.9. The van der Waals surface area contributed by atoms with Gasteiger partial charge in [0.15, 0.2) is 0 Å². The summed E-state index contributed by atoms with van der Waals surface area (Å²) >= 11 is 0. The molecule has 0 saturated heterocycles. The van der Waals surface area contributed by atoms with Gasteiger partial charge in [0.05, 0.1) is 11.2 Å². The van der Waals surface area contributed by atoms with Gasteiger partial charge < -0.3 is 14.6 Å². The summed E-state index contributed by atoms with van der Waals surface area (Å²) in [4.78, 5) is 12.9. The van der Waals surface area contributed by atoms with Crippen LogP contribution in [0.15, 0.2) is 33.5 Å². The number of aromatic hydroxyl groups is 1. The van der Waals surface area contributed by atoms with Crippen LogP contribution in [0.3, 0.4) is 0 Å². The van der Waals surface area contributed by atoms with E-state index < -0.39 is 11.2 Å². The van der Waals surface area contributed by atoms with Gasteiger partial charge >= 0.3 is 5.63 Å². The summed E-state index contributed by atoms with van der Waals surface area (Å²) < 4.78 is 5.80. The van der Waals surface area contributed by atoms with Crippen LogP contribution in [0.5, 0.6) is 5.75 Å². The second-order valence-corrected chi connectivity index (χ2v) is 9.01. The Bertz CT molecular complexity index is 915. The van der Waals surface area contributed by atoms with E-state index in [4.69, 9.17) is 4.42 Å². The van der Waals surface area contributed by atoms with Crippen molar-refractivity contribution in [3.8, 4) is 5.75 Å². The summed E-state index contributed by atoms with van der Waals surface area (Å²) in [6.07, 6.45) is 7.17. The molecule has 1 saturated carbocycles. The van der Waals surface area contributed by atoms with E-state index >= 15 is 0 Å². The molecule has 4 rings (SSSR count). The first-order chi connectivity index (χ1) is 13.4. The monoisotopic (exact) mass is 382 g/mol. The number of rotatable bonds is 4. The molecule has 0 bridgehead atoms. The Kier molecular flexibility index (Phi) is 5.09. The fraction of sp³-hybridized carbons (Fsp3) is 0.542. The Labute approximate surface area is 166 Å². The largest absolute Gasteiger partial charge is 0.507 e. The number of hydrogen-bond acceptors (Lipinski definition) is 4. The van der Waals surface area contributed by atoms with Gasteiger partial charge in [0.1, 0.15) is 11.5 Å². The van der Waals surface area contributed by atoms with Crippen molar-refractivity contribution in [2.24, 2.45) is 0 Å². The zero-order chi connectivity index (χ0) is 19.9. The quantitative estimate of drug-likeness (QED) is 0.798. The molecule has 0 spiro atoms. The maximum atomic E-state index is 12.9. The van der Waals surface area contributed by atoms with Gasteiger partial charge in [-0.25, -0.2) is 4.79 Å². The van der Waals surface area contributed by atoms with Gasteiger partial charge in [0.25, 0.3) is 0 Å². The molecule has 0 amide bonds. The van der Waals surface area contributed by atoms with E-state index in [-0.39, 0.29) is 11.7 Å². The minimum Gasteiger partial charge on any atom is -0.507 e. The smallest absolute Gasteiger partial charge is 0.343 e. The van der Waals surface area contributed by atoms with Crippen LogP contribution >= 0.6 is 0 Å². The molecule has 1 unspecified atom stereocenters. The Morgan fingerprint density at radius 3 is 2.57 bits per heavy atom. The van der Waals surface area contributed by atoms with Gasteiger partial charge in [-0.15, -0.1) is 0 Å². The maximum Gasteiger partial charge on any atom is 0.343 e. The molecule has 4 nitrogen and oxygen atoms in total. The highest BCUT2D eigenvalue weighted by Gasteiger charge is 2.35. The number of aliphatic hydroxyl groups is 1. The highest BCUT2D eigenvalue weighted by atomic mass is 16.4. The molecule has 2 aromatic rings. The lowest BCUT2D eigenvalue weighted by atomic mass is 9.79. The Morgan fingerprint density at radius 2 is 1.86 bits per heavy atom. The summed E-state index contributed by atoms with van der Waals surface area (Å²) in [6, 6.07) is 8.19. The van der Waals surface area contributed by atoms with Crippen molar-refractivity contribution < 1.29 is 14.6 Å². The van der Waals surface area contributed by atoms with Gasteiger partial charge in [-0.1, -0.05) is 37.1 Å². The second kappa shape index (κ2) is 7.40. The summed E-state index contributed by atoms with van der Waals surface area (Å²) in [5.41, 5.74) is 1.96.